The number of carbonyl (C=O) groups is 1. The van der Waals surface area contributed by atoms with Crippen LogP contribution in [-0.2, 0) is 4.79 Å². The predicted octanol–water partition coefficient (Wildman–Crippen LogP) is 5.06. The highest BCUT2D eigenvalue weighted by Gasteiger charge is 2.22. The summed E-state index contributed by atoms with van der Waals surface area (Å²) in [5.41, 5.74) is 2.86. The zero-order valence-corrected chi connectivity index (χ0v) is 15.7. The molecule has 0 spiro atoms. The van der Waals surface area contributed by atoms with Gasteiger partial charge in [-0.15, -0.1) is 0 Å². The van der Waals surface area contributed by atoms with Crippen LogP contribution in [0.15, 0.2) is 79.0 Å². The number of hydrogen-bond acceptors (Lipinski definition) is 3. The van der Waals surface area contributed by atoms with Crippen LogP contribution in [0, 0.1) is 0 Å². The first-order valence-electron chi connectivity index (χ1n) is 9.30. The molecule has 3 aromatic rings. The molecular weight excluding hydrogens is 334 g/mol. The highest BCUT2D eigenvalue weighted by atomic mass is 16.1. The number of amides is 1. The lowest BCUT2D eigenvalue weighted by atomic mass is 9.90. The van der Waals surface area contributed by atoms with E-state index in [9.17, 15) is 4.79 Å². The number of rotatable bonds is 7. The van der Waals surface area contributed by atoms with Gasteiger partial charge in [-0.3, -0.25) is 4.79 Å². The number of carbonyl (C=O) groups excluding carboxylic acids is 1. The van der Waals surface area contributed by atoms with E-state index in [0.717, 1.165) is 23.2 Å². The van der Waals surface area contributed by atoms with Gasteiger partial charge in [0.1, 0.15) is 5.82 Å². The van der Waals surface area contributed by atoms with E-state index in [1.807, 2.05) is 72.8 Å². The highest BCUT2D eigenvalue weighted by molar-refractivity contribution is 5.97. The Labute approximate surface area is 160 Å². The summed E-state index contributed by atoms with van der Waals surface area (Å²) in [7, 11) is 0. The molecule has 0 radical (unpaired) electrons. The molecule has 138 valence electrons. The number of anilines is 2. The summed E-state index contributed by atoms with van der Waals surface area (Å²) in [6, 6.07) is 23.8. The summed E-state index contributed by atoms with van der Waals surface area (Å²) in [6.07, 6.45) is 2.79. The number of nitrogens with zero attached hydrogens (tertiary/aromatic N) is 1. The lowest BCUT2D eigenvalue weighted by Gasteiger charge is -2.18. The third kappa shape index (κ3) is 4.94. The van der Waals surface area contributed by atoms with E-state index < -0.39 is 0 Å². The summed E-state index contributed by atoms with van der Waals surface area (Å²) in [5, 5.41) is 6.33. The molecule has 4 heteroatoms. The molecule has 2 N–H and O–H groups in total. The largest absolute Gasteiger partial charge is 0.381 e. The maximum atomic E-state index is 13.1. The van der Waals surface area contributed by atoms with E-state index in [0.29, 0.717) is 11.9 Å². The van der Waals surface area contributed by atoms with Crippen LogP contribution in [-0.4, -0.2) is 16.9 Å². The van der Waals surface area contributed by atoms with Crippen molar-refractivity contribution in [3.05, 3.63) is 90.1 Å². The van der Waals surface area contributed by atoms with Gasteiger partial charge in [-0.1, -0.05) is 67.6 Å². The average molecular weight is 359 g/mol. The Morgan fingerprint density at radius 3 is 2.00 bits per heavy atom. The smallest absolute Gasteiger partial charge is 0.237 e. The maximum absolute atomic E-state index is 13.1. The second-order valence-corrected chi connectivity index (χ2v) is 6.63. The van der Waals surface area contributed by atoms with E-state index in [1.165, 1.54) is 0 Å². The van der Waals surface area contributed by atoms with Crippen LogP contribution in [0.1, 0.15) is 37.3 Å². The van der Waals surface area contributed by atoms with E-state index >= 15 is 0 Å². The SMILES string of the molecule is CCC(C)Nc1ccc(NC(=O)C(c2ccccc2)c2ccccc2)nc1. The van der Waals surface area contributed by atoms with Crippen LogP contribution in [0.4, 0.5) is 11.5 Å². The molecule has 0 saturated carbocycles. The Hall–Kier alpha value is -3.14. The van der Waals surface area contributed by atoms with Gasteiger partial charge in [-0.05, 0) is 36.6 Å². The normalized spacial score (nSPS) is 11.8. The third-order valence-corrected chi connectivity index (χ3v) is 4.57. The number of pyridine rings is 1. The minimum absolute atomic E-state index is 0.0949. The first-order chi connectivity index (χ1) is 13.2. The van der Waals surface area contributed by atoms with Gasteiger partial charge in [0, 0.05) is 6.04 Å². The van der Waals surface area contributed by atoms with Gasteiger partial charge >= 0.3 is 0 Å². The van der Waals surface area contributed by atoms with Crippen LogP contribution in [0.2, 0.25) is 0 Å². The molecule has 27 heavy (non-hydrogen) atoms. The molecule has 0 saturated heterocycles. The van der Waals surface area contributed by atoms with Crippen molar-refractivity contribution in [1.29, 1.82) is 0 Å². The lowest BCUT2D eigenvalue weighted by Crippen LogP contribution is -2.22. The van der Waals surface area contributed by atoms with Gasteiger partial charge in [0.2, 0.25) is 5.91 Å². The fourth-order valence-electron chi connectivity index (χ4n) is 2.92. The van der Waals surface area contributed by atoms with Crippen LogP contribution < -0.4 is 10.6 Å². The molecule has 0 fully saturated rings. The van der Waals surface area contributed by atoms with Crippen molar-refractivity contribution < 1.29 is 4.79 Å². The quantitative estimate of drug-likeness (QED) is 0.620. The molecule has 4 nitrogen and oxygen atoms in total. The molecular formula is C23H25N3O. The van der Waals surface area contributed by atoms with Crippen molar-refractivity contribution in [2.24, 2.45) is 0 Å². The maximum Gasteiger partial charge on any atom is 0.237 e. The molecule has 1 heterocycles. The Kier molecular flexibility index (Phi) is 6.21. The molecule has 1 unspecified atom stereocenters. The van der Waals surface area contributed by atoms with Crippen LogP contribution in [0.5, 0.6) is 0 Å². The highest BCUT2D eigenvalue weighted by Crippen LogP contribution is 2.26. The van der Waals surface area contributed by atoms with E-state index in [2.05, 4.69) is 29.5 Å². The molecule has 1 aromatic heterocycles. The summed E-state index contributed by atoms with van der Waals surface area (Å²) in [4.78, 5) is 17.4. The van der Waals surface area contributed by atoms with Crippen molar-refractivity contribution in [1.82, 2.24) is 4.98 Å². The minimum Gasteiger partial charge on any atom is -0.381 e. The van der Waals surface area contributed by atoms with Gasteiger partial charge in [-0.2, -0.15) is 0 Å². The Balaban J connectivity index is 1.79. The first-order valence-corrected chi connectivity index (χ1v) is 9.30. The average Bonchev–Trinajstić information content (AvgIpc) is 2.71. The third-order valence-electron chi connectivity index (χ3n) is 4.57. The second-order valence-electron chi connectivity index (χ2n) is 6.63. The predicted molar refractivity (Wildman–Crippen MR) is 111 cm³/mol. The van der Waals surface area contributed by atoms with Gasteiger partial charge in [0.15, 0.2) is 0 Å². The summed E-state index contributed by atoms with van der Waals surface area (Å²) >= 11 is 0. The van der Waals surface area contributed by atoms with Crippen molar-refractivity contribution in [3.63, 3.8) is 0 Å². The van der Waals surface area contributed by atoms with Crippen molar-refractivity contribution in [2.45, 2.75) is 32.2 Å². The summed E-state index contributed by atoms with van der Waals surface area (Å²) in [5.74, 6) is 0.0706. The van der Waals surface area contributed by atoms with Crippen LogP contribution in [0.25, 0.3) is 0 Å². The first kappa shape index (κ1) is 18.6. The van der Waals surface area contributed by atoms with Gasteiger partial charge < -0.3 is 10.6 Å². The number of hydrogen-bond donors (Lipinski definition) is 2. The van der Waals surface area contributed by atoms with E-state index in [-0.39, 0.29) is 11.8 Å². The summed E-state index contributed by atoms with van der Waals surface area (Å²) in [6.45, 7) is 4.26. The fraction of sp³-hybridized carbons (Fsp3) is 0.217. The number of benzene rings is 2. The molecule has 1 amide bonds. The zero-order valence-electron chi connectivity index (χ0n) is 15.7. The number of aromatic nitrogens is 1. The van der Waals surface area contributed by atoms with Crippen molar-refractivity contribution >= 4 is 17.4 Å². The van der Waals surface area contributed by atoms with E-state index in [4.69, 9.17) is 0 Å². The molecule has 3 rings (SSSR count). The molecule has 0 aliphatic carbocycles. The van der Waals surface area contributed by atoms with Crippen molar-refractivity contribution in [3.8, 4) is 0 Å². The zero-order chi connectivity index (χ0) is 19.1. The summed E-state index contributed by atoms with van der Waals surface area (Å²) < 4.78 is 0. The molecule has 2 aromatic carbocycles. The van der Waals surface area contributed by atoms with Crippen molar-refractivity contribution in [2.75, 3.05) is 10.6 Å². The van der Waals surface area contributed by atoms with E-state index in [1.54, 1.807) is 6.20 Å². The minimum atomic E-state index is -0.382. The fourth-order valence-corrected chi connectivity index (χ4v) is 2.92. The van der Waals surface area contributed by atoms with Gasteiger partial charge in [-0.25, -0.2) is 4.98 Å². The van der Waals surface area contributed by atoms with Gasteiger partial charge in [0.05, 0.1) is 17.8 Å². The molecule has 0 aliphatic rings. The second kappa shape index (κ2) is 8.99. The van der Waals surface area contributed by atoms with Crippen LogP contribution in [0.3, 0.4) is 0 Å². The molecule has 0 bridgehead atoms. The lowest BCUT2D eigenvalue weighted by molar-refractivity contribution is -0.116. The molecule has 1 atom stereocenters. The topological polar surface area (TPSA) is 54.0 Å². The van der Waals surface area contributed by atoms with Gasteiger partial charge in [0.25, 0.3) is 0 Å². The Bertz CT molecular complexity index is 808. The number of nitrogens with one attached hydrogen (secondary N) is 2. The Morgan fingerprint density at radius 2 is 1.52 bits per heavy atom. The Morgan fingerprint density at radius 1 is 0.926 bits per heavy atom. The standard InChI is InChI=1S/C23H25N3O/c1-3-17(2)25-20-14-15-21(24-16-20)26-23(27)22(18-10-6-4-7-11-18)19-12-8-5-9-13-19/h4-17,22,25H,3H2,1-2H3,(H,24,26,27). The van der Waals surface area contributed by atoms with Crippen LogP contribution >= 0.6 is 0 Å². The molecule has 0 aliphatic heterocycles. The monoisotopic (exact) mass is 359 g/mol.